The average molecular weight is 230 g/mol. The smallest absolute Gasteiger partial charge is 0.0468 e. The van der Waals surface area contributed by atoms with Crippen molar-refractivity contribution >= 4 is 0 Å². The van der Waals surface area contributed by atoms with E-state index >= 15 is 0 Å². The minimum Gasteiger partial charge on any atom is -0.396 e. The van der Waals surface area contributed by atoms with Gasteiger partial charge in [0.15, 0.2) is 0 Å². The van der Waals surface area contributed by atoms with Crippen molar-refractivity contribution in [2.45, 2.75) is 38.5 Å². The van der Waals surface area contributed by atoms with E-state index in [1.807, 2.05) is 0 Å². The standard InChI is InChI=1S/C16H22O/c1-13(2)7-6-10-16(11-15(16)12-17)14-8-4-3-5-9-14/h3-5,7-9,15,17H,6,10-12H2,1-2H3. The molecular formula is C16H22O. The number of hydrogen-bond acceptors (Lipinski definition) is 1. The molecule has 0 aromatic heterocycles. The molecule has 1 aromatic carbocycles. The van der Waals surface area contributed by atoms with Crippen molar-refractivity contribution < 1.29 is 5.11 Å². The van der Waals surface area contributed by atoms with Gasteiger partial charge in [-0.15, -0.1) is 0 Å². The molecule has 17 heavy (non-hydrogen) atoms. The lowest BCUT2D eigenvalue weighted by molar-refractivity contribution is 0.261. The molecule has 0 bridgehead atoms. The highest BCUT2D eigenvalue weighted by Gasteiger charge is 2.53. The molecule has 0 heterocycles. The maximum absolute atomic E-state index is 9.40. The highest BCUT2D eigenvalue weighted by Crippen LogP contribution is 2.57. The predicted molar refractivity (Wildman–Crippen MR) is 72.0 cm³/mol. The van der Waals surface area contributed by atoms with Crippen molar-refractivity contribution in [1.82, 2.24) is 0 Å². The zero-order valence-electron chi connectivity index (χ0n) is 10.8. The minimum atomic E-state index is 0.252. The van der Waals surface area contributed by atoms with E-state index in [9.17, 15) is 5.11 Å². The van der Waals surface area contributed by atoms with Crippen molar-refractivity contribution in [1.29, 1.82) is 0 Å². The van der Waals surface area contributed by atoms with Gasteiger partial charge in [0.2, 0.25) is 0 Å². The predicted octanol–water partition coefficient (Wildman–Crippen LogP) is 3.68. The zero-order valence-corrected chi connectivity index (χ0v) is 10.8. The SMILES string of the molecule is CC(C)=CCCC1(c2ccccc2)CC1CO. The van der Waals surface area contributed by atoms with Crippen LogP contribution in [0.4, 0.5) is 0 Å². The molecule has 0 amide bonds. The zero-order chi connectivity index (χ0) is 12.3. The number of aliphatic hydroxyl groups is 1. The summed E-state index contributed by atoms with van der Waals surface area (Å²) < 4.78 is 0. The Hall–Kier alpha value is -1.08. The largest absolute Gasteiger partial charge is 0.396 e. The van der Waals surface area contributed by atoms with Gasteiger partial charge in [-0.3, -0.25) is 0 Å². The molecule has 92 valence electrons. The normalized spacial score (nSPS) is 26.6. The van der Waals surface area contributed by atoms with Gasteiger partial charge in [0.05, 0.1) is 0 Å². The second kappa shape index (κ2) is 5.05. The van der Waals surface area contributed by atoms with Gasteiger partial charge in [-0.05, 0) is 44.6 Å². The number of rotatable bonds is 5. The molecule has 1 saturated carbocycles. The first-order chi connectivity index (χ1) is 8.19. The molecule has 1 aromatic rings. The van der Waals surface area contributed by atoms with Gasteiger partial charge in [-0.25, -0.2) is 0 Å². The van der Waals surface area contributed by atoms with Crippen LogP contribution in [-0.4, -0.2) is 11.7 Å². The lowest BCUT2D eigenvalue weighted by Gasteiger charge is -2.17. The van der Waals surface area contributed by atoms with E-state index in [1.54, 1.807) is 0 Å². The Bertz CT molecular complexity index is 389. The number of allylic oxidation sites excluding steroid dienone is 2. The summed E-state index contributed by atoms with van der Waals surface area (Å²) >= 11 is 0. The van der Waals surface area contributed by atoms with Gasteiger partial charge in [0.25, 0.3) is 0 Å². The fourth-order valence-electron chi connectivity index (χ4n) is 2.81. The summed E-state index contributed by atoms with van der Waals surface area (Å²) in [6.07, 6.45) is 5.72. The second-order valence-electron chi connectivity index (χ2n) is 5.43. The van der Waals surface area contributed by atoms with Crippen LogP contribution >= 0.6 is 0 Å². The summed E-state index contributed by atoms with van der Waals surface area (Å²) in [7, 11) is 0. The van der Waals surface area contributed by atoms with Crippen LogP contribution in [0.5, 0.6) is 0 Å². The van der Waals surface area contributed by atoms with Crippen LogP contribution in [0.3, 0.4) is 0 Å². The summed E-state index contributed by atoms with van der Waals surface area (Å²) in [5.74, 6) is 0.468. The lowest BCUT2D eigenvalue weighted by Crippen LogP contribution is -2.11. The van der Waals surface area contributed by atoms with Gasteiger partial charge in [-0.2, -0.15) is 0 Å². The first-order valence-electron chi connectivity index (χ1n) is 6.49. The molecule has 1 N–H and O–H groups in total. The summed E-state index contributed by atoms with van der Waals surface area (Å²) in [4.78, 5) is 0. The van der Waals surface area contributed by atoms with Gasteiger partial charge in [0.1, 0.15) is 0 Å². The van der Waals surface area contributed by atoms with Crippen molar-refractivity contribution in [3.05, 3.63) is 47.5 Å². The number of hydrogen-bond donors (Lipinski definition) is 1. The molecule has 1 heteroatoms. The first kappa shape index (κ1) is 12.4. The van der Waals surface area contributed by atoms with Crippen LogP contribution in [0, 0.1) is 5.92 Å². The second-order valence-corrected chi connectivity index (χ2v) is 5.43. The van der Waals surface area contributed by atoms with Crippen molar-refractivity contribution in [2.24, 2.45) is 5.92 Å². The molecule has 1 aliphatic carbocycles. The molecular weight excluding hydrogens is 208 g/mol. The summed E-state index contributed by atoms with van der Waals surface area (Å²) in [6.45, 7) is 4.61. The van der Waals surface area contributed by atoms with Crippen molar-refractivity contribution in [3.8, 4) is 0 Å². The highest BCUT2D eigenvalue weighted by molar-refractivity contribution is 5.33. The van der Waals surface area contributed by atoms with E-state index in [-0.39, 0.29) is 5.41 Å². The Kier molecular flexibility index (Phi) is 3.68. The fraction of sp³-hybridized carbons (Fsp3) is 0.500. The Labute approximate surface area is 104 Å². The van der Waals surface area contributed by atoms with Crippen molar-refractivity contribution in [3.63, 3.8) is 0 Å². The summed E-state index contributed by atoms with van der Waals surface area (Å²) in [6, 6.07) is 10.7. The van der Waals surface area contributed by atoms with Crippen LogP contribution < -0.4 is 0 Å². The third-order valence-electron chi connectivity index (χ3n) is 3.94. The Morgan fingerprint density at radius 1 is 1.35 bits per heavy atom. The van der Waals surface area contributed by atoms with Crippen LogP contribution in [-0.2, 0) is 5.41 Å². The maximum Gasteiger partial charge on any atom is 0.0468 e. The van der Waals surface area contributed by atoms with Crippen LogP contribution in [0.2, 0.25) is 0 Å². The van der Waals surface area contributed by atoms with E-state index in [0.717, 1.165) is 19.3 Å². The van der Waals surface area contributed by atoms with E-state index in [4.69, 9.17) is 0 Å². The highest BCUT2D eigenvalue weighted by atomic mass is 16.3. The molecule has 0 aliphatic heterocycles. The van der Waals surface area contributed by atoms with Crippen LogP contribution in [0.1, 0.15) is 38.7 Å². The lowest BCUT2D eigenvalue weighted by atomic mass is 9.88. The molecule has 2 atom stereocenters. The van der Waals surface area contributed by atoms with E-state index < -0.39 is 0 Å². The Balaban J connectivity index is 2.10. The summed E-state index contributed by atoms with van der Waals surface area (Å²) in [5.41, 5.74) is 3.04. The van der Waals surface area contributed by atoms with Gasteiger partial charge < -0.3 is 5.11 Å². The maximum atomic E-state index is 9.40. The van der Waals surface area contributed by atoms with Gasteiger partial charge >= 0.3 is 0 Å². The van der Waals surface area contributed by atoms with Crippen LogP contribution in [0.15, 0.2) is 42.0 Å². The molecule has 2 rings (SSSR count). The molecule has 2 unspecified atom stereocenters. The average Bonchev–Trinajstić information content (AvgIpc) is 3.05. The summed E-state index contributed by atoms with van der Waals surface area (Å²) in [5, 5.41) is 9.40. The van der Waals surface area contributed by atoms with E-state index in [0.29, 0.717) is 12.5 Å². The molecule has 0 saturated heterocycles. The van der Waals surface area contributed by atoms with E-state index in [2.05, 4.69) is 50.3 Å². The third kappa shape index (κ3) is 2.61. The Morgan fingerprint density at radius 3 is 2.59 bits per heavy atom. The number of aliphatic hydroxyl groups excluding tert-OH is 1. The minimum absolute atomic E-state index is 0.252. The quantitative estimate of drug-likeness (QED) is 0.765. The number of benzene rings is 1. The van der Waals surface area contributed by atoms with Crippen molar-refractivity contribution in [2.75, 3.05) is 6.61 Å². The monoisotopic (exact) mass is 230 g/mol. The molecule has 1 aliphatic rings. The Morgan fingerprint density at radius 2 is 2.06 bits per heavy atom. The third-order valence-corrected chi connectivity index (χ3v) is 3.94. The molecule has 0 radical (unpaired) electrons. The topological polar surface area (TPSA) is 20.2 Å². The fourth-order valence-corrected chi connectivity index (χ4v) is 2.81. The van der Waals surface area contributed by atoms with E-state index in [1.165, 1.54) is 11.1 Å². The first-order valence-corrected chi connectivity index (χ1v) is 6.49. The molecule has 1 nitrogen and oxygen atoms in total. The molecule has 0 spiro atoms. The van der Waals surface area contributed by atoms with Crippen LogP contribution in [0.25, 0.3) is 0 Å². The molecule has 1 fully saturated rings. The van der Waals surface area contributed by atoms with Gasteiger partial charge in [0, 0.05) is 12.0 Å². The van der Waals surface area contributed by atoms with Gasteiger partial charge in [-0.1, -0.05) is 42.0 Å².